The molecule has 0 aliphatic carbocycles. The Hall–Kier alpha value is -4.33. The number of imidazole rings is 1. The minimum atomic E-state index is 0.684. The normalized spacial score (nSPS) is 11.1. The fourth-order valence-electron chi connectivity index (χ4n) is 3.78. The Morgan fingerprint density at radius 2 is 1.88 bits per heavy atom. The van der Waals surface area contributed by atoms with E-state index in [1.165, 1.54) is 0 Å². The summed E-state index contributed by atoms with van der Waals surface area (Å²) >= 11 is 0. The van der Waals surface area contributed by atoms with Gasteiger partial charge in [-0.2, -0.15) is 5.10 Å². The van der Waals surface area contributed by atoms with Crippen LogP contribution in [0.4, 0.5) is 22.9 Å². The Bertz CT molecular complexity index is 1410. The van der Waals surface area contributed by atoms with Crippen molar-refractivity contribution in [1.82, 2.24) is 24.1 Å². The molecule has 0 bridgehead atoms. The van der Waals surface area contributed by atoms with Gasteiger partial charge in [-0.1, -0.05) is 18.2 Å². The second-order valence-corrected chi connectivity index (χ2v) is 7.87. The number of nitrogens with zero attached hydrogens (tertiary/aromatic N) is 6. The van der Waals surface area contributed by atoms with Gasteiger partial charge in [0, 0.05) is 67.9 Å². The van der Waals surface area contributed by atoms with E-state index >= 15 is 0 Å². The average molecular weight is 425 g/mol. The van der Waals surface area contributed by atoms with Crippen molar-refractivity contribution in [2.45, 2.75) is 0 Å². The summed E-state index contributed by atoms with van der Waals surface area (Å²) in [6, 6.07) is 15.9. The van der Waals surface area contributed by atoms with Crippen molar-refractivity contribution in [1.29, 1.82) is 0 Å². The molecule has 0 unspecified atom stereocenters. The van der Waals surface area contributed by atoms with Crippen molar-refractivity contribution in [3.05, 3.63) is 73.3 Å². The van der Waals surface area contributed by atoms with Crippen LogP contribution in [0.3, 0.4) is 0 Å². The SMILES string of the molecule is CN(C)c1cccc(Nc2nccn3c(-c4cn(C)nc4-c4cccc(N)c4)cnc23)c1. The highest BCUT2D eigenvalue weighted by Crippen LogP contribution is 2.33. The molecule has 0 amide bonds. The summed E-state index contributed by atoms with van der Waals surface area (Å²) < 4.78 is 3.83. The molecule has 160 valence electrons. The molecule has 8 nitrogen and oxygen atoms in total. The van der Waals surface area contributed by atoms with Gasteiger partial charge in [-0.3, -0.25) is 9.08 Å². The standard InChI is InChI=1S/C24H24N8/c1-30(2)19-9-5-8-18(13-19)28-23-24-27-14-21(32(24)11-10-26-23)20-15-31(3)29-22(20)16-6-4-7-17(25)12-16/h4-15H,25H2,1-3H3,(H,26,28). The quantitative estimate of drug-likeness (QED) is 0.411. The molecular formula is C24H24N8. The van der Waals surface area contributed by atoms with Gasteiger partial charge in [-0.15, -0.1) is 0 Å². The fourth-order valence-corrected chi connectivity index (χ4v) is 3.78. The number of aryl methyl sites for hydroxylation is 1. The zero-order chi connectivity index (χ0) is 22.2. The third-order valence-electron chi connectivity index (χ3n) is 5.32. The number of rotatable bonds is 5. The van der Waals surface area contributed by atoms with Crippen LogP contribution in [0, 0.1) is 0 Å². The van der Waals surface area contributed by atoms with Gasteiger partial charge in [0.2, 0.25) is 0 Å². The Labute approximate surface area is 186 Å². The Balaban J connectivity index is 1.58. The first-order valence-electron chi connectivity index (χ1n) is 10.3. The van der Waals surface area contributed by atoms with E-state index in [4.69, 9.17) is 5.73 Å². The predicted molar refractivity (Wildman–Crippen MR) is 129 cm³/mol. The molecule has 0 radical (unpaired) electrons. The van der Waals surface area contributed by atoms with Crippen LogP contribution >= 0.6 is 0 Å². The van der Waals surface area contributed by atoms with Crippen molar-refractivity contribution >= 4 is 28.5 Å². The molecule has 0 atom stereocenters. The van der Waals surface area contributed by atoms with Crippen LogP contribution < -0.4 is 16.0 Å². The summed E-state index contributed by atoms with van der Waals surface area (Å²) in [5.74, 6) is 0.684. The highest BCUT2D eigenvalue weighted by atomic mass is 15.3. The molecular weight excluding hydrogens is 400 g/mol. The lowest BCUT2D eigenvalue weighted by Gasteiger charge is -2.14. The maximum atomic E-state index is 6.01. The molecule has 2 aromatic carbocycles. The number of hydrogen-bond donors (Lipinski definition) is 2. The lowest BCUT2D eigenvalue weighted by molar-refractivity contribution is 0.771. The van der Waals surface area contributed by atoms with E-state index in [9.17, 15) is 0 Å². The Morgan fingerprint density at radius 1 is 1.03 bits per heavy atom. The van der Waals surface area contributed by atoms with Crippen LogP contribution in [-0.4, -0.2) is 38.2 Å². The minimum Gasteiger partial charge on any atom is -0.399 e. The zero-order valence-electron chi connectivity index (χ0n) is 18.2. The van der Waals surface area contributed by atoms with Gasteiger partial charge in [0.15, 0.2) is 11.5 Å². The second-order valence-electron chi connectivity index (χ2n) is 7.87. The van der Waals surface area contributed by atoms with Crippen LogP contribution in [0.15, 0.2) is 73.3 Å². The largest absolute Gasteiger partial charge is 0.399 e. The smallest absolute Gasteiger partial charge is 0.180 e. The minimum absolute atomic E-state index is 0.684. The summed E-state index contributed by atoms with van der Waals surface area (Å²) in [5.41, 5.74) is 13.2. The number of aromatic nitrogens is 5. The molecule has 8 heteroatoms. The first-order chi connectivity index (χ1) is 15.5. The molecule has 0 fully saturated rings. The van der Waals surface area contributed by atoms with Crippen LogP contribution in [0.25, 0.3) is 28.2 Å². The molecule has 32 heavy (non-hydrogen) atoms. The zero-order valence-corrected chi connectivity index (χ0v) is 18.2. The van der Waals surface area contributed by atoms with Gasteiger partial charge >= 0.3 is 0 Å². The molecule has 3 aromatic heterocycles. The predicted octanol–water partition coefficient (Wildman–Crippen LogP) is 4.19. The number of nitrogens with one attached hydrogen (secondary N) is 1. The number of benzene rings is 2. The molecule has 5 aromatic rings. The van der Waals surface area contributed by atoms with E-state index < -0.39 is 0 Å². The summed E-state index contributed by atoms with van der Waals surface area (Å²) in [7, 11) is 5.95. The van der Waals surface area contributed by atoms with E-state index in [0.29, 0.717) is 11.5 Å². The lowest BCUT2D eigenvalue weighted by Crippen LogP contribution is -2.08. The van der Waals surface area contributed by atoms with Gasteiger partial charge in [0.05, 0.1) is 11.9 Å². The van der Waals surface area contributed by atoms with Gasteiger partial charge in [-0.05, 0) is 30.3 Å². The molecule has 0 saturated heterocycles. The molecule has 3 N–H and O–H groups in total. The van der Waals surface area contributed by atoms with E-state index in [2.05, 4.69) is 37.4 Å². The average Bonchev–Trinajstić information content (AvgIpc) is 3.38. The first-order valence-corrected chi connectivity index (χ1v) is 10.3. The van der Waals surface area contributed by atoms with Crippen LogP contribution in [0.2, 0.25) is 0 Å². The number of hydrogen-bond acceptors (Lipinski definition) is 6. The highest BCUT2D eigenvalue weighted by Gasteiger charge is 2.17. The highest BCUT2D eigenvalue weighted by molar-refractivity contribution is 5.82. The van der Waals surface area contributed by atoms with E-state index in [1.807, 2.05) is 80.5 Å². The third kappa shape index (κ3) is 3.51. The molecule has 5 rings (SSSR count). The second kappa shape index (κ2) is 7.73. The van der Waals surface area contributed by atoms with Crippen LogP contribution in [0.5, 0.6) is 0 Å². The number of nitrogens with two attached hydrogens (primary N) is 1. The monoisotopic (exact) mass is 424 g/mol. The molecule has 0 saturated carbocycles. The van der Waals surface area contributed by atoms with Crippen molar-refractivity contribution in [2.75, 3.05) is 30.0 Å². The summed E-state index contributed by atoms with van der Waals surface area (Å²) in [6.07, 6.45) is 7.53. The van der Waals surface area contributed by atoms with E-state index in [-0.39, 0.29) is 0 Å². The molecule has 0 spiro atoms. The van der Waals surface area contributed by atoms with Crippen molar-refractivity contribution in [2.24, 2.45) is 7.05 Å². The summed E-state index contributed by atoms with van der Waals surface area (Å²) in [6.45, 7) is 0. The number of fused-ring (bicyclic) bond motifs is 1. The molecule has 3 heterocycles. The van der Waals surface area contributed by atoms with Gasteiger partial charge in [-0.25, -0.2) is 9.97 Å². The van der Waals surface area contributed by atoms with Crippen molar-refractivity contribution < 1.29 is 0 Å². The topological polar surface area (TPSA) is 89.3 Å². The molecule has 0 aliphatic rings. The van der Waals surface area contributed by atoms with Crippen molar-refractivity contribution in [3.8, 4) is 22.5 Å². The van der Waals surface area contributed by atoms with Crippen LogP contribution in [0.1, 0.15) is 0 Å². The van der Waals surface area contributed by atoms with Gasteiger partial charge < -0.3 is 16.0 Å². The Morgan fingerprint density at radius 3 is 2.69 bits per heavy atom. The van der Waals surface area contributed by atoms with Crippen molar-refractivity contribution in [3.63, 3.8) is 0 Å². The number of nitrogen functional groups attached to an aromatic ring is 1. The van der Waals surface area contributed by atoms with Gasteiger partial charge in [0.1, 0.15) is 5.69 Å². The van der Waals surface area contributed by atoms with Gasteiger partial charge in [0.25, 0.3) is 0 Å². The van der Waals surface area contributed by atoms with E-state index in [1.54, 1.807) is 10.9 Å². The summed E-state index contributed by atoms with van der Waals surface area (Å²) in [4.78, 5) is 11.3. The fraction of sp³-hybridized carbons (Fsp3) is 0.125. The lowest BCUT2D eigenvalue weighted by atomic mass is 10.1. The summed E-state index contributed by atoms with van der Waals surface area (Å²) in [5, 5.41) is 8.09. The Kier molecular flexibility index (Phi) is 4.74. The molecule has 0 aliphatic heterocycles. The van der Waals surface area contributed by atoms with Crippen LogP contribution in [-0.2, 0) is 7.05 Å². The maximum absolute atomic E-state index is 6.01. The number of anilines is 4. The first kappa shape index (κ1) is 19.6. The maximum Gasteiger partial charge on any atom is 0.180 e. The van der Waals surface area contributed by atoms with E-state index in [0.717, 1.165) is 39.5 Å². The third-order valence-corrected chi connectivity index (χ3v) is 5.32.